The van der Waals surface area contributed by atoms with E-state index >= 15 is 0 Å². The number of hydrogen-bond donors (Lipinski definition) is 1. The Morgan fingerprint density at radius 1 is 1.42 bits per heavy atom. The molecule has 0 atom stereocenters. The summed E-state index contributed by atoms with van der Waals surface area (Å²) in [4.78, 5) is 12.6. The molecule has 0 radical (unpaired) electrons. The molecule has 0 unspecified atom stereocenters. The highest BCUT2D eigenvalue weighted by Gasteiger charge is 2.19. The van der Waals surface area contributed by atoms with Crippen molar-refractivity contribution < 1.29 is 14.6 Å². The van der Waals surface area contributed by atoms with E-state index in [-0.39, 0.29) is 16.5 Å². The first-order chi connectivity index (χ1) is 9.08. The zero-order valence-corrected chi connectivity index (χ0v) is 12.2. The molecule has 2 rings (SSSR count). The molecule has 1 heterocycles. The van der Waals surface area contributed by atoms with Crippen molar-refractivity contribution in [2.45, 2.75) is 13.5 Å². The third-order valence-electron chi connectivity index (χ3n) is 2.74. The molecule has 6 heteroatoms. The van der Waals surface area contributed by atoms with E-state index < -0.39 is 0 Å². The molecule has 0 bridgehead atoms. The number of thiazole rings is 1. The van der Waals surface area contributed by atoms with Crippen LogP contribution in [0.2, 0.25) is 0 Å². The molecule has 0 saturated carbocycles. The zero-order chi connectivity index (χ0) is 14.0. The van der Waals surface area contributed by atoms with Gasteiger partial charge in [0, 0.05) is 12.1 Å². The van der Waals surface area contributed by atoms with Crippen molar-refractivity contribution in [1.82, 2.24) is 4.57 Å². The summed E-state index contributed by atoms with van der Waals surface area (Å²) in [5, 5.41) is 10.0. The minimum atomic E-state index is -0.233. The molecule has 100 valence electrons. The van der Waals surface area contributed by atoms with Crippen LogP contribution in [0.15, 0.2) is 24.3 Å². The van der Waals surface area contributed by atoms with Crippen molar-refractivity contribution in [3.8, 4) is 11.6 Å². The first-order valence-electron chi connectivity index (χ1n) is 5.69. The average molecular weight is 295 g/mol. The van der Waals surface area contributed by atoms with Gasteiger partial charge in [-0.25, -0.2) is 0 Å². The molecule has 0 fully saturated rings. The van der Waals surface area contributed by atoms with Gasteiger partial charge in [-0.2, -0.15) is 0 Å². The van der Waals surface area contributed by atoms with Gasteiger partial charge in [-0.15, -0.1) is 0 Å². The fourth-order valence-electron chi connectivity index (χ4n) is 1.70. The van der Waals surface area contributed by atoms with Crippen molar-refractivity contribution in [3.63, 3.8) is 0 Å². The summed E-state index contributed by atoms with van der Waals surface area (Å²) in [6.45, 7) is 2.40. The summed E-state index contributed by atoms with van der Waals surface area (Å²) < 4.78 is 7.08. The van der Waals surface area contributed by atoms with Gasteiger partial charge in [0.05, 0.1) is 7.11 Å². The van der Waals surface area contributed by atoms with Gasteiger partial charge in [0.15, 0.2) is 3.95 Å². The van der Waals surface area contributed by atoms with E-state index in [2.05, 4.69) is 0 Å². The van der Waals surface area contributed by atoms with Crippen LogP contribution in [0.1, 0.15) is 22.2 Å². The number of nitrogens with zero attached hydrogens (tertiary/aromatic N) is 1. The maximum absolute atomic E-state index is 12.3. The lowest BCUT2D eigenvalue weighted by atomic mass is 10.1. The van der Waals surface area contributed by atoms with Crippen LogP contribution < -0.4 is 4.74 Å². The minimum absolute atomic E-state index is 0.0571. The predicted octanol–water partition coefficient (Wildman–Crippen LogP) is 3.24. The molecule has 0 saturated heterocycles. The number of aromatic hydroxyl groups is 1. The number of carbonyl (C=O) groups is 1. The molecule has 1 aromatic carbocycles. The molecular formula is C13H13NO3S2. The van der Waals surface area contributed by atoms with Gasteiger partial charge in [-0.05, 0) is 43.4 Å². The van der Waals surface area contributed by atoms with Crippen LogP contribution in [0.4, 0.5) is 0 Å². The van der Waals surface area contributed by atoms with Crippen molar-refractivity contribution in [3.05, 3.63) is 38.7 Å². The fraction of sp³-hybridized carbons (Fsp3) is 0.231. The largest absolute Gasteiger partial charge is 0.497 e. The molecular weight excluding hydrogens is 282 g/mol. The second kappa shape index (κ2) is 5.54. The maximum Gasteiger partial charge on any atom is 0.214 e. The summed E-state index contributed by atoms with van der Waals surface area (Å²) in [6, 6.07) is 6.75. The Morgan fingerprint density at radius 3 is 2.53 bits per heavy atom. The van der Waals surface area contributed by atoms with E-state index in [1.807, 2.05) is 6.92 Å². The lowest BCUT2D eigenvalue weighted by Crippen LogP contribution is -2.01. The van der Waals surface area contributed by atoms with Crippen LogP contribution in [0.3, 0.4) is 0 Å². The fourth-order valence-corrected chi connectivity index (χ4v) is 3.08. The van der Waals surface area contributed by atoms with Crippen molar-refractivity contribution >= 4 is 29.3 Å². The summed E-state index contributed by atoms with van der Waals surface area (Å²) in [5.74, 6) is 0.390. The maximum atomic E-state index is 12.3. The van der Waals surface area contributed by atoms with Gasteiger partial charge in [0.1, 0.15) is 10.6 Å². The number of carbonyl (C=O) groups excluding carboxylic acids is 1. The summed E-state index contributed by atoms with van der Waals surface area (Å²) in [7, 11) is 1.57. The summed E-state index contributed by atoms with van der Waals surface area (Å²) in [5.41, 5.74) is 0.496. The normalized spacial score (nSPS) is 10.4. The molecule has 19 heavy (non-hydrogen) atoms. The topological polar surface area (TPSA) is 51.5 Å². The van der Waals surface area contributed by atoms with Gasteiger partial charge in [0.2, 0.25) is 11.7 Å². The Bertz CT molecular complexity index is 656. The van der Waals surface area contributed by atoms with E-state index in [0.29, 0.717) is 21.8 Å². The van der Waals surface area contributed by atoms with Gasteiger partial charge in [-0.1, -0.05) is 11.3 Å². The molecule has 0 aliphatic rings. The Morgan fingerprint density at radius 2 is 2.05 bits per heavy atom. The SMILES string of the molecule is CCn1c(O)c(C(=O)c2ccc(OC)cc2)sc1=S. The van der Waals surface area contributed by atoms with Crippen molar-refractivity contribution in [1.29, 1.82) is 0 Å². The van der Waals surface area contributed by atoms with Crippen LogP contribution in [-0.4, -0.2) is 22.6 Å². The standard InChI is InChI=1S/C13H13NO3S2/c1-3-14-12(16)11(19-13(14)18)10(15)8-4-6-9(17-2)7-5-8/h4-7,16H,3H2,1-2H3. The molecule has 0 aliphatic heterocycles. The van der Waals surface area contributed by atoms with Gasteiger partial charge >= 0.3 is 0 Å². The number of ketones is 1. The highest BCUT2D eigenvalue weighted by atomic mass is 32.1. The van der Waals surface area contributed by atoms with Crippen molar-refractivity contribution in [2.75, 3.05) is 7.11 Å². The molecule has 0 aliphatic carbocycles. The molecule has 1 aromatic heterocycles. The van der Waals surface area contributed by atoms with E-state index in [1.165, 1.54) is 4.57 Å². The first kappa shape index (κ1) is 13.8. The molecule has 0 amide bonds. The quantitative estimate of drug-likeness (QED) is 0.695. The third kappa shape index (κ3) is 2.54. The zero-order valence-electron chi connectivity index (χ0n) is 10.5. The Labute approximate surface area is 119 Å². The van der Waals surface area contributed by atoms with Gasteiger partial charge < -0.3 is 9.84 Å². The highest BCUT2D eigenvalue weighted by molar-refractivity contribution is 7.73. The van der Waals surface area contributed by atoms with E-state index in [9.17, 15) is 9.90 Å². The number of aromatic nitrogens is 1. The lowest BCUT2D eigenvalue weighted by Gasteiger charge is -2.03. The minimum Gasteiger partial charge on any atom is -0.497 e. The number of rotatable bonds is 4. The number of benzene rings is 1. The molecule has 4 nitrogen and oxygen atoms in total. The van der Waals surface area contributed by atoms with E-state index in [1.54, 1.807) is 31.4 Å². The Kier molecular flexibility index (Phi) is 4.01. The highest BCUT2D eigenvalue weighted by Crippen LogP contribution is 2.28. The van der Waals surface area contributed by atoms with Crippen molar-refractivity contribution in [2.24, 2.45) is 0 Å². The molecule has 0 spiro atoms. The monoisotopic (exact) mass is 295 g/mol. The van der Waals surface area contributed by atoms with Gasteiger partial charge in [-0.3, -0.25) is 9.36 Å². The average Bonchev–Trinajstić information content (AvgIpc) is 2.72. The first-order valence-corrected chi connectivity index (χ1v) is 6.92. The Hall–Kier alpha value is -1.66. The van der Waals surface area contributed by atoms with Gasteiger partial charge in [0.25, 0.3) is 0 Å². The lowest BCUT2D eigenvalue weighted by molar-refractivity contribution is 0.103. The molecule has 1 N–H and O–H groups in total. The van der Waals surface area contributed by atoms with Crippen LogP contribution in [0.5, 0.6) is 11.6 Å². The smallest absolute Gasteiger partial charge is 0.214 e. The predicted molar refractivity (Wildman–Crippen MR) is 76.9 cm³/mol. The third-order valence-corrected chi connectivity index (χ3v) is 4.18. The van der Waals surface area contributed by atoms with Crippen LogP contribution in [0.25, 0.3) is 0 Å². The number of ether oxygens (including phenoxy) is 1. The summed E-state index contributed by atoms with van der Waals surface area (Å²) >= 11 is 6.24. The van der Waals surface area contributed by atoms with Crippen LogP contribution >= 0.6 is 23.6 Å². The number of methoxy groups -OCH3 is 1. The van der Waals surface area contributed by atoms with E-state index in [0.717, 1.165) is 11.3 Å². The second-order valence-corrected chi connectivity index (χ2v) is 5.47. The molecule has 2 aromatic rings. The Balaban J connectivity index is 2.41. The van der Waals surface area contributed by atoms with Crippen LogP contribution in [0, 0.1) is 3.95 Å². The van der Waals surface area contributed by atoms with E-state index in [4.69, 9.17) is 17.0 Å². The summed E-state index contributed by atoms with van der Waals surface area (Å²) in [6.07, 6.45) is 0. The number of hydrogen-bond acceptors (Lipinski definition) is 5. The van der Waals surface area contributed by atoms with Crippen LogP contribution in [-0.2, 0) is 6.54 Å². The second-order valence-electron chi connectivity index (χ2n) is 3.82.